The summed E-state index contributed by atoms with van der Waals surface area (Å²) in [5.74, 6) is -0.704. The van der Waals surface area contributed by atoms with Gasteiger partial charge in [-0.3, -0.25) is 4.98 Å². The second kappa shape index (κ2) is 9.49. The fourth-order valence-electron chi connectivity index (χ4n) is 4.27. The zero-order chi connectivity index (χ0) is 26.5. The number of anilines is 2. The minimum absolute atomic E-state index is 0.0433. The Hall–Kier alpha value is -3.38. The van der Waals surface area contributed by atoms with Crippen molar-refractivity contribution in [2.24, 2.45) is 0 Å². The van der Waals surface area contributed by atoms with Crippen molar-refractivity contribution in [2.45, 2.75) is 32.2 Å². The molecule has 0 spiro atoms. The number of benzene rings is 1. The van der Waals surface area contributed by atoms with Crippen molar-refractivity contribution in [3.63, 3.8) is 0 Å². The van der Waals surface area contributed by atoms with Crippen molar-refractivity contribution >= 4 is 32.8 Å². The molecule has 0 bridgehead atoms. The van der Waals surface area contributed by atoms with Crippen LogP contribution in [0.4, 0.5) is 28.6 Å². The fourth-order valence-corrected chi connectivity index (χ4v) is 5.20. The smallest absolute Gasteiger partial charge is 0.367 e. The number of ether oxygens (including phenoxy) is 1. The molecule has 0 amide bonds. The summed E-state index contributed by atoms with van der Waals surface area (Å²) in [5.41, 5.74) is 1.27. The first-order valence-electron chi connectivity index (χ1n) is 11.6. The van der Waals surface area contributed by atoms with Crippen LogP contribution >= 0.6 is 11.3 Å². The van der Waals surface area contributed by atoms with Gasteiger partial charge in [0.1, 0.15) is 16.6 Å². The molecule has 4 aromatic rings. The Morgan fingerprint density at radius 3 is 2.54 bits per heavy atom. The van der Waals surface area contributed by atoms with E-state index in [0.29, 0.717) is 40.6 Å². The summed E-state index contributed by atoms with van der Waals surface area (Å²) < 4.78 is 61.2. The Morgan fingerprint density at radius 2 is 1.86 bits per heavy atom. The van der Waals surface area contributed by atoms with Crippen LogP contribution in [0.15, 0.2) is 36.5 Å². The van der Waals surface area contributed by atoms with Gasteiger partial charge in [0.25, 0.3) is 0 Å². The summed E-state index contributed by atoms with van der Waals surface area (Å²) >= 11 is 1.25. The van der Waals surface area contributed by atoms with Crippen LogP contribution in [0.3, 0.4) is 0 Å². The largest absolute Gasteiger partial charge is 0.416 e. The van der Waals surface area contributed by atoms with Crippen LogP contribution in [0.2, 0.25) is 0 Å². The molecule has 0 N–H and O–H groups in total. The zero-order valence-electron chi connectivity index (χ0n) is 20.5. The molecule has 0 saturated carbocycles. The molecule has 1 aromatic carbocycles. The van der Waals surface area contributed by atoms with E-state index in [9.17, 15) is 13.2 Å². The number of alkyl halides is 3. The fraction of sp³-hybridized carbons (Fsp3) is 0.360. The molecule has 3 aromatic heterocycles. The maximum Gasteiger partial charge on any atom is 0.416 e. The number of aromatic nitrogens is 4. The van der Waals surface area contributed by atoms with Gasteiger partial charge in [0, 0.05) is 38.1 Å². The van der Waals surface area contributed by atoms with Gasteiger partial charge in [0.2, 0.25) is 5.95 Å². The van der Waals surface area contributed by atoms with Crippen LogP contribution in [0, 0.1) is 12.7 Å². The highest BCUT2D eigenvalue weighted by Crippen LogP contribution is 2.39. The van der Waals surface area contributed by atoms with E-state index in [1.807, 2.05) is 45.0 Å². The summed E-state index contributed by atoms with van der Waals surface area (Å²) in [6, 6.07) is 6.32. The van der Waals surface area contributed by atoms with E-state index in [1.165, 1.54) is 11.3 Å². The number of fused-ring (bicyclic) bond motifs is 1. The number of morpholine rings is 1. The summed E-state index contributed by atoms with van der Waals surface area (Å²) in [5, 5.41) is 0.621. The molecule has 2 atom stereocenters. The quantitative estimate of drug-likeness (QED) is 0.315. The van der Waals surface area contributed by atoms with Crippen molar-refractivity contribution in [2.75, 3.05) is 37.0 Å². The lowest BCUT2D eigenvalue weighted by molar-refractivity contribution is -0.137. The van der Waals surface area contributed by atoms with Gasteiger partial charge in [-0.2, -0.15) is 23.1 Å². The number of rotatable bonds is 4. The number of nitrogens with zero attached hydrogens (tertiary/aromatic N) is 6. The number of pyridine rings is 1. The Bertz CT molecular complexity index is 1460. The van der Waals surface area contributed by atoms with E-state index in [-0.39, 0.29) is 23.5 Å². The molecule has 0 aliphatic carbocycles. The van der Waals surface area contributed by atoms with Gasteiger partial charge in [-0.05, 0) is 49.7 Å². The molecule has 1 saturated heterocycles. The van der Waals surface area contributed by atoms with Gasteiger partial charge in [0.05, 0.1) is 23.9 Å². The van der Waals surface area contributed by atoms with Gasteiger partial charge < -0.3 is 14.5 Å². The number of thiazole rings is 1. The Morgan fingerprint density at radius 1 is 1.08 bits per heavy atom. The maximum atomic E-state index is 15.1. The minimum atomic E-state index is -4.65. The molecular weight excluding hydrogens is 508 g/mol. The second-order valence-corrected chi connectivity index (χ2v) is 10.2. The van der Waals surface area contributed by atoms with Crippen molar-refractivity contribution in [3.8, 4) is 11.3 Å². The van der Waals surface area contributed by atoms with Crippen LogP contribution in [0.5, 0.6) is 0 Å². The lowest BCUT2D eigenvalue weighted by atomic mass is 10.1. The first kappa shape index (κ1) is 25.3. The lowest BCUT2D eigenvalue weighted by Gasteiger charge is -2.37. The Kier molecular flexibility index (Phi) is 6.48. The first-order chi connectivity index (χ1) is 17.5. The van der Waals surface area contributed by atoms with Crippen LogP contribution in [-0.2, 0) is 10.9 Å². The van der Waals surface area contributed by atoms with Gasteiger partial charge >= 0.3 is 6.18 Å². The highest BCUT2D eigenvalue weighted by molar-refractivity contribution is 7.22. The normalized spacial score (nSPS) is 18.4. The molecule has 1 aliphatic rings. The average Bonchev–Trinajstić information content (AvgIpc) is 3.27. The van der Waals surface area contributed by atoms with Crippen molar-refractivity contribution in [3.05, 3.63) is 59.2 Å². The molecule has 1 aliphatic heterocycles. The monoisotopic (exact) mass is 532 g/mol. The highest BCUT2D eigenvalue weighted by Gasteiger charge is 2.33. The summed E-state index contributed by atoms with van der Waals surface area (Å²) in [6.07, 6.45) is -3.36. The molecule has 194 valence electrons. The predicted molar refractivity (Wildman–Crippen MR) is 134 cm³/mol. The SMILES string of the molecule is Cc1cc([C@@H]2CN(c3nc(-c4ccc(C(F)(F)F)cc4F)c4sc(N(C)C)nc4n3)C[C@@H](C)O2)ccn1. The molecule has 4 heterocycles. The molecule has 5 rings (SSSR count). The molecule has 7 nitrogen and oxygen atoms in total. The molecular formula is C25H24F4N6OS. The van der Waals surface area contributed by atoms with Crippen molar-refractivity contribution in [1.29, 1.82) is 0 Å². The van der Waals surface area contributed by atoms with E-state index < -0.39 is 17.6 Å². The Balaban J connectivity index is 1.61. The number of hydrogen-bond acceptors (Lipinski definition) is 8. The van der Waals surface area contributed by atoms with Gasteiger partial charge in [-0.15, -0.1) is 0 Å². The summed E-state index contributed by atoms with van der Waals surface area (Å²) in [7, 11) is 3.63. The highest BCUT2D eigenvalue weighted by atomic mass is 32.1. The molecule has 12 heteroatoms. The van der Waals surface area contributed by atoms with Gasteiger partial charge in [-0.1, -0.05) is 11.3 Å². The average molecular weight is 533 g/mol. The molecule has 0 unspecified atom stereocenters. The predicted octanol–water partition coefficient (Wildman–Crippen LogP) is 5.65. The van der Waals surface area contributed by atoms with Crippen molar-refractivity contribution < 1.29 is 22.3 Å². The third-order valence-corrected chi connectivity index (χ3v) is 7.22. The van der Waals surface area contributed by atoms with E-state index >= 15 is 4.39 Å². The molecule has 37 heavy (non-hydrogen) atoms. The second-order valence-electron chi connectivity index (χ2n) is 9.18. The standard InChI is InChI=1S/C25H24F4N6OS/c1-13-9-15(7-8-30-13)19-12-35(11-14(2)36-19)23-31-20(21-22(32-23)33-24(37-21)34(3)4)17-6-5-16(10-18(17)26)25(27,28)29/h5-10,14,19H,11-12H2,1-4H3/t14-,19+/m1/s1. The van der Waals surface area contributed by atoms with Gasteiger partial charge in [0.15, 0.2) is 10.8 Å². The van der Waals surface area contributed by atoms with Crippen LogP contribution in [-0.4, -0.2) is 53.2 Å². The van der Waals surface area contributed by atoms with E-state index in [0.717, 1.165) is 23.4 Å². The van der Waals surface area contributed by atoms with E-state index in [1.54, 1.807) is 11.1 Å². The number of halogens is 4. The minimum Gasteiger partial charge on any atom is -0.367 e. The van der Waals surface area contributed by atoms with Crippen LogP contribution < -0.4 is 9.80 Å². The molecule has 1 fully saturated rings. The van der Waals surface area contributed by atoms with Crippen molar-refractivity contribution in [1.82, 2.24) is 19.9 Å². The van der Waals surface area contributed by atoms with Gasteiger partial charge in [-0.25, -0.2) is 9.37 Å². The van der Waals surface area contributed by atoms with E-state index in [2.05, 4.69) is 19.9 Å². The third kappa shape index (κ3) is 5.08. The Labute approximate surface area is 214 Å². The zero-order valence-corrected chi connectivity index (χ0v) is 21.4. The van der Waals surface area contributed by atoms with Crippen LogP contribution in [0.25, 0.3) is 21.6 Å². The summed E-state index contributed by atoms with van der Waals surface area (Å²) in [6.45, 7) is 4.75. The van der Waals surface area contributed by atoms with E-state index in [4.69, 9.17) is 4.74 Å². The molecule has 0 radical (unpaired) electrons. The van der Waals surface area contributed by atoms with Crippen LogP contribution in [0.1, 0.15) is 29.8 Å². The number of aryl methyl sites for hydroxylation is 1. The lowest BCUT2D eigenvalue weighted by Crippen LogP contribution is -2.43. The maximum absolute atomic E-state index is 15.1. The first-order valence-corrected chi connectivity index (χ1v) is 12.4. The topological polar surface area (TPSA) is 67.3 Å². The summed E-state index contributed by atoms with van der Waals surface area (Å²) in [4.78, 5) is 21.9. The number of hydrogen-bond donors (Lipinski definition) is 0. The third-order valence-electron chi connectivity index (χ3n) is 6.00.